The van der Waals surface area contributed by atoms with E-state index in [2.05, 4.69) is 38.1 Å². The standard InChI is InChI=1S/C18H28N2O/c1-14(2)11-15-5-7-16(8-6-15)12-17(13-19)18(21)20-9-3-4-10-20/h5-8,14,17H,3-4,9-13,19H2,1-2H3. The number of amides is 1. The van der Waals surface area contributed by atoms with E-state index in [1.54, 1.807) is 0 Å². The van der Waals surface area contributed by atoms with E-state index in [9.17, 15) is 4.79 Å². The number of likely N-dealkylation sites (tertiary alicyclic amines) is 1. The van der Waals surface area contributed by atoms with Gasteiger partial charge in [0, 0.05) is 19.6 Å². The molecule has 1 amide bonds. The highest BCUT2D eigenvalue weighted by Gasteiger charge is 2.25. The Hall–Kier alpha value is -1.35. The predicted octanol–water partition coefficient (Wildman–Crippen LogP) is 2.62. The van der Waals surface area contributed by atoms with Crippen LogP contribution in [0.1, 0.15) is 37.8 Å². The number of benzene rings is 1. The molecule has 2 rings (SSSR count). The molecule has 1 heterocycles. The van der Waals surface area contributed by atoms with Crippen molar-refractivity contribution >= 4 is 5.91 Å². The van der Waals surface area contributed by atoms with Crippen molar-refractivity contribution in [2.45, 2.75) is 39.5 Å². The van der Waals surface area contributed by atoms with E-state index in [0.29, 0.717) is 12.5 Å². The first-order valence-corrected chi connectivity index (χ1v) is 8.17. The van der Waals surface area contributed by atoms with E-state index in [4.69, 9.17) is 5.73 Å². The third-order valence-corrected chi connectivity index (χ3v) is 4.20. The second kappa shape index (κ2) is 7.60. The molecule has 3 nitrogen and oxygen atoms in total. The van der Waals surface area contributed by atoms with Gasteiger partial charge >= 0.3 is 0 Å². The van der Waals surface area contributed by atoms with Crippen LogP contribution in [0.5, 0.6) is 0 Å². The fourth-order valence-electron chi connectivity index (χ4n) is 3.03. The zero-order valence-electron chi connectivity index (χ0n) is 13.3. The molecular weight excluding hydrogens is 260 g/mol. The molecule has 1 aliphatic rings. The summed E-state index contributed by atoms with van der Waals surface area (Å²) in [6.07, 6.45) is 4.13. The molecule has 0 bridgehead atoms. The van der Waals surface area contributed by atoms with E-state index < -0.39 is 0 Å². The molecule has 21 heavy (non-hydrogen) atoms. The van der Waals surface area contributed by atoms with Crippen LogP contribution in [0, 0.1) is 11.8 Å². The Bertz CT molecular complexity index is 447. The molecule has 1 unspecified atom stereocenters. The van der Waals surface area contributed by atoms with Gasteiger partial charge in [-0.3, -0.25) is 4.79 Å². The van der Waals surface area contributed by atoms with E-state index in [1.807, 2.05) is 4.90 Å². The van der Waals surface area contributed by atoms with Crippen LogP contribution >= 0.6 is 0 Å². The molecule has 3 heteroatoms. The van der Waals surface area contributed by atoms with Crippen molar-refractivity contribution < 1.29 is 4.79 Å². The largest absolute Gasteiger partial charge is 0.342 e. The summed E-state index contributed by atoms with van der Waals surface area (Å²) in [6.45, 7) is 6.70. The van der Waals surface area contributed by atoms with Crippen molar-refractivity contribution in [3.05, 3.63) is 35.4 Å². The smallest absolute Gasteiger partial charge is 0.227 e. The van der Waals surface area contributed by atoms with Crippen LogP contribution in [0.3, 0.4) is 0 Å². The minimum absolute atomic E-state index is 0.0703. The molecule has 1 fully saturated rings. The highest BCUT2D eigenvalue weighted by atomic mass is 16.2. The normalized spacial score (nSPS) is 16.5. The minimum atomic E-state index is -0.0703. The summed E-state index contributed by atoms with van der Waals surface area (Å²) in [6, 6.07) is 8.67. The summed E-state index contributed by atoms with van der Waals surface area (Å²) < 4.78 is 0. The summed E-state index contributed by atoms with van der Waals surface area (Å²) >= 11 is 0. The first kappa shape index (κ1) is 16.0. The van der Waals surface area contributed by atoms with E-state index in [-0.39, 0.29) is 11.8 Å². The number of nitrogens with two attached hydrogens (primary N) is 1. The van der Waals surface area contributed by atoms with Gasteiger partial charge in [-0.2, -0.15) is 0 Å². The third-order valence-electron chi connectivity index (χ3n) is 4.20. The Morgan fingerprint density at radius 2 is 1.62 bits per heavy atom. The molecular formula is C18H28N2O. The number of carbonyl (C=O) groups excluding carboxylic acids is 1. The molecule has 0 aliphatic carbocycles. The fraction of sp³-hybridized carbons (Fsp3) is 0.611. The molecule has 1 aliphatic heterocycles. The van der Waals surface area contributed by atoms with Crippen LogP contribution in [0.2, 0.25) is 0 Å². The maximum Gasteiger partial charge on any atom is 0.227 e. The lowest BCUT2D eigenvalue weighted by Gasteiger charge is -2.22. The van der Waals surface area contributed by atoms with Gasteiger partial charge in [0.2, 0.25) is 5.91 Å². The number of hydrogen-bond acceptors (Lipinski definition) is 2. The lowest BCUT2D eigenvalue weighted by Crippen LogP contribution is -2.38. The molecule has 0 radical (unpaired) electrons. The number of carbonyl (C=O) groups is 1. The first-order chi connectivity index (χ1) is 10.1. The lowest BCUT2D eigenvalue weighted by atomic mass is 9.95. The van der Waals surface area contributed by atoms with Gasteiger partial charge in [0.05, 0.1) is 5.92 Å². The van der Waals surface area contributed by atoms with Gasteiger partial charge in [-0.15, -0.1) is 0 Å². The molecule has 1 aromatic carbocycles. The van der Waals surface area contributed by atoms with Crippen LogP contribution in [0.4, 0.5) is 0 Å². The Kier molecular flexibility index (Phi) is 5.80. The minimum Gasteiger partial charge on any atom is -0.342 e. The zero-order valence-corrected chi connectivity index (χ0v) is 13.3. The molecule has 0 saturated carbocycles. The average molecular weight is 288 g/mol. The van der Waals surface area contributed by atoms with Crippen LogP contribution in [-0.4, -0.2) is 30.4 Å². The Morgan fingerprint density at radius 3 is 2.10 bits per heavy atom. The number of rotatable bonds is 6. The van der Waals surface area contributed by atoms with Crippen molar-refractivity contribution in [3.8, 4) is 0 Å². The SMILES string of the molecule is CC(C)Cc1ccc(CC(CN)C(=O)N2CCCC2)cc1. The van der Waals surface area contributed by atoms with Crippen molar-refractivity contribution in [1.29, 1.82) is 0 Å². The second-order valence-electron chi connectivity index (χ2n) is 6.58. The molecule has 0 spiro atoms. The fourth-order valence-corrected chi connectivity index (χ4v) is 3.03. The zero-order chi connectivity index (χ0) is 15.2. The third kappa shape index (κ3) is 4.57. The second-order valence-corrected chi connectivity index (χ2v) is 6.58. The van der Waals surface area contributed by atoms with E-state index >= 15 is 0 Å². The number of nitrogens with zero attached hydrogens (tertiary/aromatic N) is 1. The average Bonchev–Trinajstić information content (AvgIpc) is 2.99. The molecule has 1 saturated heterocycles. The molecule has 116 valence electrons. The summed E-state index contributed by atoms with van der Waals surface area (Å²) in [5, 5.41) is 0. The van der Waals surface area contributed by atoms with E-state index in [0.717, 1.165) is 38.8 Å². The monoisotopic (exact) mass is 288 g/mol. The van der Waals surface area contributed by atoms with Gasteiger partial charge in [-0.25, -0.2) is 0 Å². The van der Waals surface area contributed by atoms with Crippen LogP contribution in [-0.2, 0) is 17.6 Å². The van der Waals surface area contributed by atoms with Gasteiger partial charge in [0.1, 0.15) is 0 Å². The maximum absolute atomic E-state index is 12.4. The first-order valence-electron chi connectivity index (χ1n) is 8.17. The summed E-state index contributed by atoms with van der Waals surface area (Å²) in [5.41, 5.74) is 8.42. The highest BCUT2D eigenvalue weighted by Crippen LogP contribution is 2.17. The highest BCUT2D eigenvalue weighted by molar-refractivity contribution is 5.79. The lowest BCUT2D eigenvalue weighted by molar-refractivity contribution is -0.134. The van der Waals surface area contributed by atoms with Gasteiger partial charge in [-0.05, 0) is 42.7 Å². The summed E-state index contributed by atoms with van der Waals surface area (Å²) in [5.74, 6) is 0.838. The molecule has 1 atom stereocenters. The summed E-state index contributed by atoms with van der Waals surface area (Å²) in [4.78, 5) is 14.4. The maximum atomic E-state index is 12.4. The van der Waals surface area contributed by atoms with Gasteiger partial charge in [0.15, 0.2) is 0 Å². The summed E-state index contributed by atoms with van der Waals surface area (Å²) in [7, 11) is 0. The van der Waals surface area contributed by atoms with E-state index in [1.165, 1.54) is 11.1 Å². The van der Waals surface area contributed by atoms with Crippen molar-refractivity contribution in [3.63, 3.8) is 0 Å². The Morgan fingerprint density at radius 1 is 1.10 bits per heavy atom. The molecule has 0 aromatic heterocycles. The van der Waals surface area contributed by atoms with Crippen molar-refractivity contribution in [2.24, 2.45) is 17.6 Å². The molecule has 1 aromatic rings. The van der Waals surface area contributed by atoms with Crippen LogP contribution in [0.15, 0.2) is 24.3 Å². The van der Waals surface area contributed by atoms with Gasteiger partial charge < -0.3 is 10.6 Å². The topological polar surface area (TPSA) is 46.3 Å². The van der Waals surface area contributed by atoms with Crippen LogP contribution < -0.4 is 5.73 Å². The molecule has 2 N–H and O–H groups in total. The van der Waals surface area contributed by atoms with Crippen molar-refractivity contribution in [1.82, 2.24) is 4.90 Å². The predicted molar refractivity (Wildman–Crippen MR) is 87.0 cm³/mol. The number of hydrogen-bond donors (Lipinski definition) is 1. The van der Waals surface area contributed by atoms with Gasteiger partial charge in [-0.1, -0.05) is 38.1 Å². The van der Waals surface area contributed by atoms with Crippen molar-refractivity contribution in [2.75, 3.05) is 19.6 Å². The Balaban J connectivity index is 1.96. The Labute approximate surface area is 128 Å². The van der Waals surface area contributed by atoms with Crippen LogP contribution in [0.25, 0.3) is 0 Å². The van der Waals surface area contributed by atoms with Gasteiger partial charge in [0.25, 0.3) is 0 Å². The quantitative estimate of drug-likeness (QED) is 0.874.